The van der Waals surface area contributed by atoms with Gasteiger partial charge in [-0.25, -0.2) is 0 Å². The smallest absolute Gasteiger partial charge is 0.128 e. The van der Waals surface area contributed by atoms with Crippen LogP contribution in [0.15, 0.2) is 15.8 Å². The Morgan fingerprint density at radius 1 is 1.77 bits per heavy atom. The van der Waals surface area contributed by atoms with Crippen molar-refractivity contribution < 1.29 is 0 Å². The molecule has 13 heavy (non-hydrogen) atoms. The van der Waals surface area contributed by atoms with Crippen LogP contribution in [0.1, 0.15) is 12.6 Å². The fraction of sp³-hybridized carbons (Fsp3) is 0.500. The van der Waals surface area contributed by atoms with E-state index in [2.05, 4.69) is 33.1 Å². The maximum Gasteiger partial charge on any atom is 0.128 e. The molecular formula is C8H13BrN4. The van der Waals surface area contributed by atoms with Gasteiger partial charge in [-0.05, 0) is 28.9 Å². The fourth-order valence-electron chi connectivity index (χ4n) is 0.806. The topological polar surface area (TPSA) is 33.4 Å². The van der Waals surface area contributed by atoms with Crippen LogP contribution in [0.4, 0.5) is 0 Å². The van der Waals surface area contributed by atoms with Crippen molar-refractivity contribution in [1.29, 1.82) is 0 Å². The third-order valence-corrected chi connectivity index (χ3v) is 2.12. The Morgan fingerprint density at radius 2 is 2.46 bits per heavy atom. The molecule has 5 heteroatoms. The van der Waals surface area contributed by atoms with E-state index in [1.165, 1.54) is 0 Å². The van der Waals surface area contributed by atoms with Crippen molar-refractivity contribution in [1.82, 2.24) is 14.8 Å². The predicted molar refractivity (Wildman–Crippen MR) is 56.8 cm³/mol. The first kappa shape index (κ1) is 10.2. The maximum atomic E-state index is 4.21. The van der Waals surface area contributed by atoms with Gasteiger partial charge in [0.1, 0.15) is 4.60 Å². The molecule has 1 aromatic heterocycles. The minimum atomic E-state index is 0.829. The van der Waals surface area contributed by atoms with Crippen molar-refractivity contribution in [2.75, 3.05) is 13.6 Å². The Labute approximate surface area is 86.4 Å². The predicted octanol–water partition coefficient (Wildman–Crippen LogP) is 1.47. The zero-order chi connectivity index (χ0) is 9.84. The largest absolute Gasteiger partial charge is 0.300 e. The van der Waals surface area contributed by atoms with Gasteiger partial charge < -0.3 is 5.01 Å². The normalized spacial score (nSPS) is 11.1. The van der Waals surface area contributed by atoms with E-state index in [1.807, 2.05) is 25.2 Å². The molecule has 0 atom stereocenters. The minimum Gasteiger partial charge on any atom is -0.300 e. The quantitative estimate of drug-likeness (QED) is 0.596. The lowest BCUT2D eigenvalue weighted by Crippen LogP contribution is -2.10. The van der Waals surface area contributed by atoms with Gasteiger partial charge in [0.15, 0.2) is 0 Å². The Balaban J connectivity index is 2.73. The number of halogens is 1. The van der Waals surface area contributed by atoms with Crippen LogP contribution in [0.2, 0.25) is 0 Å². The van der Waals surface area contributed by atoms with E-state index < -0.39 is 0 Å². The van der Waals surface area contributed by atoms with Gasteiger partial charge in [0.25, 0.3) is 0 Å². The Hall–Kier alpha value is -0.840. The molecule has 0 fully saturated rings. The Kier molecular flexibility index (Phi) is 3.48. The highest BCUT2D eigenvalue weighted by Crippen LogP contribution is 2.07. The summed E-state index contributed by atoms with van der Waals surface area (Å²) in [6.07, 6.45) is 1.79. The van der Waals surface area contributed by atoms with Crippen molar-refractivity contribution in [3.05, 3.63) is 16.4 Å². The second-order valence-electron chi connectivity index (χ2n) is 2.73. The van der Waals surface area contributed by atoms with Gasteiger partial charge in [-0.2, -0.15) is 10.2 Å². The van der Waals surface area contributed by atoms with Crippen LogP contribution in [0.25, 0.3) is 0 Å². The van der Waals surface area contributed by atoms with Crippen molar-refractivity contribution in [3.8, 4) is 0 Å². The SMILES string of the molecule is CCN(C)/N=C/c1cc(Br)nn1C. The molecule has 0 unspecified atom stereocenters. The van der Waals surface area contributed by atoms with Crippen LogP contribution < -0.4 is 0 Å². The van der Waals surface area contributed by atoms with Gasteiger partial charge in [-0.15, -0.1) is 0 Å². The van der Waals surface area contributed by atoms with Crippen LogP contribution in [0, 0.1) is 0 Å². The average molecular weight is 245 g/mol. The molecule has 72 valence electrons. The van der Waals surface area contributed by atoms with Crippen molar-refractivity contribution in [2.24, 2.45) is 12.1 Å². The molecule has 0 saturated carbocycles. The minimum absolute atomic E-state index is 0.829. The molecule has 0 amide bonds. The number of hydrogen-bond donors (Lipinski definition) is 0. The Bertz CT molecular complexity index is 305. The Morgan fingerprint density at radius 3 is 2.92 bits per heavy atom. The number of rotatable bonds is 3. The van der Waals surface area contributed by atoms with Gasteiger partial charge >= 0.3 is 0 Å². The molecular weight excluding hydrogens is 232 g/mol. The molecule has 0 bridgehead atoms. The van der Waals surface area contributed by atoms with E-state index in [-0.39, 0.29) is 0 Å². The second-order valence-corrected chi connectivity index (χ2v) is 3.55. The van der Waals surface area contributed by atoms with E-state index >= 15 is 0 Å². The van der Waals surface area contributed by atoms with E-state index in [0.29, 0.717) is 0 Å². The zero-order valence-electron chi connectivity index (χ0n) is 8.03. The molecule has 0 aromatic carbocycles. The second kappa shape index (κ2) is 4.41. The van der Waals surface area contributed by atoms with E-state index in [9.17, 15) is 0 Å². The van der Waals surface area contributed by atoms with E-state index in [0.717, 1.165) is 16.8 Å². The van der Waals surface area contributed by atoms with Crippen LogP contribution in [-0.4, -0.2) is 34.6 Å². The number of aromatic nitrogens is 2. The zero-order valence-corrected chi connectivity index (χ0v) is 9.61. The highest BCUT2D eigenvalue weighted by Gasteiger charge is 1.98. The highest BCUT2D eigenvalue weighted by atomic mass is 79.9. The van der Waals surface area contributed by atoms with Gasteiger partial charge in [-0.3, -0.25) is 4.68 Å². The number of nitrogens with zero attached hydrogens (tertiary/aromatic N) is 4. The van der Waals surface area contributed by atoms with Gasteiger partial charge in [0.05, 0.1) is 11.9 Å². The third kappa shape index (κ3) is 2.84. The molecule has 4 nitrogen and oxygen atoms in total. The molecule has 0 aliphatic carbocycles. The summed E-state index contributed by atoms with van der Waals surface area (Å²) in [5.41, 5.74) is 0.979. The first-order valence-corrected chi connectivity index (χ1v) is 4.87. The van der Waals surface area contributed by atoms with Crippen LogP contribution in [-0.2, 0) is 7.05 Å². The van der Waals surface area contributed by atoms with Crippen LogP contribution in [0.5, 0.6) is 0 Å². The molecule has 0 aliphatic rings. The molecule has 1 rings (SSSR count). The molecule has 0 aliphatic heterocycles. The summed E-state index contributed by atoms with van der Waals surface area (Å²) in [6.45, 7) is 2.95. The van der Waals surface area contributed by atoms with Crippen molar-refractivity contribution >= 4 is 22.1 Å². The monoisotopic (exact) mass is 244 g/mol. The third-order valence-electron chi connectivity index (χ3n) is 1.73. The van der Waals surface area contributed by atoms with E-state index in [4.69, 9.17) is 0 Å². The lowest BCUT2D eigenvalue weighted by Gasteiger charge is -2.07. The summed E-state index contributed by atoms with van der Waals surface area (Å²) in [6, 6.07) is 1.92. The highest BCUT2D eigenvalue weighted by molar-refractivity contribution is 9.10. The first-order valence-electron chi connectivity index (χ1n) is 4.08. The first-order chi connectivity index (χ1) is 6.13. The summed E-state index contributed by atoms with van der Waals surface area (Å²) in [4.78, 5) is 0. The fourth-order valence-corrected chi connectivity index (χ4v) is 1.28. The van der Waals surface area contributed by atoms with Crippen LogP contribution >= 0.6 is 15.9 Å². The average Bonchev–Trinajstić information content (AvgIpc) is 2.41. The van der Waals surface area contributed by atoms with Gasteiger partial charge in [-0.1, -0.05) is 0 Å². The van der Waals surface area contributed by atoms with E-state index in [1.54, 1.807) is 10.9 Å². The molecule has 1 heterocycles. The number of aryl methyl sites for hydroxylation is 1. The number of hydrogen-bond acceptors (Lipinski definition) is 3. The summed E-state index contributed by atoms with van der Waals surface area (Å²) < 4.78 is 2.60. The van der Waals surface area contributed by atoms with Gasteiger partial charge in [0.2, 0.25) is 0 Å². The summed E-state index contributed by atoms with van der Waals surface area (Å²) in [5, 5.41) is 10.2. The lowest BCUT2D eigenvalue weighted by atomic mass is 10.5. The van der Waals surface area contributed by atoms with Gasteiger partial charge in [0, 0.05) is 20.6 Å². The standard InChI is InChI=1S/C8H13BrN4/c1-4-12(2)10-6-7-5-8(9)11-13(7)3/h5-6H,4H2,1-3H3/b10-6+. The maximum absolute atomic E-state index is 4.21. The van der Waals surface area contributed by atoms with Crippen LogP contribution in [0.3, 0.4) is 0 Å². The lowest BCUT2D eigenvalue weighted by molar-refractivity contribution is 0.377. The molecule has 0 saturated heterocycles. The molecule has 0 spiro atoms. The molecule has 0 N–H and O–H groups in total. The summed E-state index contributed by atoms with van der Waals surface area (Å²) in [7, 11) is 3.82. The van der Waals surface area contributed by atoms with Crippen molar-refractivity contribution in [3.63, 3.8) is 0 Å². The molecule has 0 radical (unpaired) electrons. The summed E-state index contributed by atoms with van der Waals surface area (Å²) in [5.74, 6) is 0. The molecule has 1 aromatic rings. The summed E-state index contributed by atoms with van der Waals surface area (Å²) >= 11 is 3.30. The van der Waals surface area contributed by atoms with Crippen molar-refractivity contribution in [2.45, 2.75) is 6.92 Å². The number of hydrazone groups is 1.